The summed E-state index contributed by atoms with van der Waals surface area (Å²) in [5.74, 6) is -1.61. The van der Waals surface area contributed by atoms with Crippen molar-refractivity contribution in [2.45, 2.75) is 52.2 Å². The smallest absolute Gasteiger partial charge is 0.253 e. The predicted octanol–water partition coefficient (Wildman–Crippen LogP) is 0.660. The number of likely N-dealkylation sites (N-methyl/N-ethyl adjacent to an activating group) is 1. The second-order valence-electron chi connectivity index (χ2n) is 6.05. The fourth-order valence-electron chi connectivity index (χ4n) is 2.77. The van der Waals surface area contributed by atoms with Crippen LogP contribution < -0.4 is 5.32 Å². The van der Waals surface area contributed by atoms with Crippen molar-refractivity contribution in [3.05, 3.63) is 0 Å². The van der Waals surface area contributed by atoms with Gasteiger partial charge in [-0.15, -0.1) is 0 Å². The van der Waals surface area contributed by atoms with Gasteiger partial charge in [-0.3, -0.25) is 9.59 Å². The van der Waals surface area contributed by atoms with E-state index in [1.165, 1.54) is 11.8 Å². The second kappa shape index (κ2) is 6.90. The van der Waals surface area contributed by atoms with Gasteiger partial charge >= 0.3 is 0 Å². The lowest BCUT2D eigenvalue weighted by atomic mass is 9.90. The maximum Gasteiger partial charge on any atom is 0.253 e. The van der Waals surface area contributed by atoms with Gasteiger partial charge in [-0.05, 0) is 32.6 Å². The standard InChI is InChI=1S/C15H25N3O3/c1-5-17-14(20)15(4,21)12-7-6-8-18(12)13(19)11(9-16)10(2)3/h10-12,21H,5-8H2,1-4H3,(H,17,20). The molecule has 3 atom stereocenters. The fourth-order valence-corrected chi connectivity index (χ4v) is 2.77. The molecule has 1 rings (SSSR count). The van der Waals surface area contributed by atoms with E-state index >= 15 is 0 Å². The molecular formula is C15H25N3O3. The van der Waals surface area contributed by atoms with E-state index in [0.717, 1.165) is 6.42 Å². The first-order valence-electron chi connectivity index (χ1n) is 7.48. The van der Waals surface area contributed by atoms with E-state index in [-0.39, 0.29) is 11.8 Å². The number of aliphatic hydroxyl groups is 1. The third-order valence-corrected chi connectivity index (χ3v) is 4.05. The summed E-state index contributed by atoms with van der Waals surface area (Å²) in [7, 11) is 0. The van der Waals surface area contributed by atoms with Crippen LogP contribution in [0.3, 0.4) is 0 Å². The zero-order valence-electron chi connectivity index (χ0n) is 13.2. The Morgan fingerprint density at radius 2 is 2.14 bits per heavy atom. The van der Waals surface area contributed by atoms with Crippen LogP contribution in [0.2, 0.25) is 0 Å². The number of amides is 2. The van der Waals surface area contributed by atoms with Crippen LogP contribution in [-0.2, 0) is 9.59 Å². The minimum absolute atomic E-state index is 0.0989. The van der Waals surface area contributed by atoms with Crippen LogP contribution in [-0.4, -0.2) is 46.6 Å². The molecule has 1 aliphatic rings. The van der Waals surface area contributed by atoms with Crippen molar-refractivity contribution >= 4 is 11.8 Å². The highest BCUT2D eigenvalue weighted by molar-refractivity contribution is 5.88. The first-order chi connectivity index (χ1) is 9.77. The summed E-state index contributed by atoms with van der Waals surface area (Å²) < 4.78 is 0. The number of nitriles is 1. The summed E-state index contributed by atoms with van der Waals surface area (Å²) in [6.07, 6.45) is 1.29. The van der Waals surface area contributed by atoms with Crippen LogP contribution in [0.15, 0.2) is 0 Å². The molecule has 0 saturated carbocycles. The third-order valence-electron chi connectivity index (χ3n) is 4.05. The highest BCUT2D eigenvalue weighted by atomic mass is 16.3. The number of hydrogen-bond donors (Lipinski definition) is 2. The third kappa shape index (κ3) is 3.53. The van der Waals surface area contributed by atoms with Crippen LogP contribution in [0.5, 0.6) is 0 Å². The van der Waals surface area contributed by atoms with Crippen molar-refractivity contribution in [1.82, 2.24) is 10.2 Å². The summed E-state index contributed by atoms with van der Waals surface area (Å²) >= 11 is 0. The van der Waals surface area contributed by atoms with Gasteiger partial charge in [0.2, 0.25) is 5.91 Å². The Bertz CT molecular complexity index is 440. The van der Waals surface area contributed by atoms with Gasteiger partial charge in [-0.1, -0.05) is 13.8 Å². The molecule has 6 nitrogen and oxygen atoms in total. The Morgan fingerprint density at radius 3 is 2.62 bits per heavy atom. The first kappa shape index (κ1) is 17.4. The molecule has 0 aromatic heterocycles. The molecule has 0 aromatic carbocycles. The lowest BCUT2D eigenvalue weighted by Gasteiger charge is -2.36. The quantitative estimate of drug-likeness (QED) is 0.779. The molecule has 1 heterocycles. The van der Waals surface area contributed by atoms with Crippen LogP contribution >= 0.6 is 0 Å². The van der Waals surface area contributed by atoms with Gasteiger partial charge in [-0.2, -0.15) is 5.26 Å². The van der Waals surface area contributed by atoms with E-state index in [2.05, 4.69) is 5.32 Å². The maximum atomic E-state index is 12.5. The highest BCUT2D eigenvalue weighted by Crippen LogP contribution is 2.30. The molecule has 1 fully saturated rings. The number of rotatable bonds is 5. The second-order valence-corrected chi connectivity index (χ2v) is 6.05. The number of likely N-dealkylation sites (tertiary alicyclic amines) is 1. The molecule has 1 saturated heterocycles. The van der Waals surface area contributed by atoms with Crippen molar-refractivity contribution in [1.29, 1.82) is 5.26 Å². The van der Waals surface area contributed by atoms with Crippen LogP contribution in [0, 0.1) is 23.2 Å². The lowest BCUT2D eigenvalue weighted by molar-refractivity contribution is -0.151. The Labute approximate surface area is 126 Å². The molecule has 118 valence electrons. The molecule has 6 heteroatoms. The molecule has 21 heavy (non-hydrogen) atoms. The summed E-state index contributed by atoms with van der Waals surface area (Å²) in [4.78, 5) is 26.0. The van der Waals surface area contributed by atoms with Gasteiger partial charge < -0.3 is 15.3 Å². The fraction of sp³-hybridized carbons (Fsp3) is 0.800. The topological polar surface area (TPSA) is 93.4 Å². The van der Waals surface area contributed by atoms with Crippen molar-refractivity contribution in [3.8, 4) is 6.07 Å². The average Bonchev–Trinajstić information content (AvgIpc) is 2.88. The predicted molar refractivity (Wildman–Crippen MR) is 78.0 cm³/mol. The number of nitrogens with zero attached hydrogens (tertiary/aromatic N) is 2. The molecule has 2 amide bonds. The Kier molecular flexibility index (Phi) is 5.73. The van der Waals surface area contributed by atoms with E-state index in [4.69, 9.17) is 0 Å². The Hall–Kier alpha value is -1.61. The van der Waals surface area contributed by atoms with E-state index in [0.29, 0.717) is 19.5 Å². The minimum Gasteiger partial charge on any atom is -0.378 e. The monoisotopic (exact) mass is 295 g/mol. The zero-order chi connectivity index (χ0) is 16.2. The van der Waals surface area contributed by atoms with Crippen molar-refractivity contribution < 1.29 is 14.7 Å². The Morgan fingerprint density at radius 1 is 1.52 bits per heavy atom. The van der Waals surface area contributed by atoms with Crippen molar-refractivity contribution in [2.24, 2.45) is 11.8 Å². The number of nitrogens with one attached hydrogen (secondary N) is 1. The van der Waals surface area contributed by atoms with Gasteiger partial charge in [-0.25, -0.2) is 0 Å². The molecule has 0 bridgehead atoms. The molecule has 3 unspecified atom stereocenters. The molecule has 2 N–H and O–H groups in total. The highest BCUT2D eigenvalue weighted by Gasteiger charge is 2.47. The van der Waals surface area contributed by atoms with Gasteiger partial charge in [0.25, 0.3) is 5.91 Å². The lowest BCUT2D eigenvalue weighted by Crippen LogP contribution is -2.59. The zero-order valence-corrected chi connectivity index (χ0v) is 13.2. The van der Waals surface area contributed by atoms with Crippen LogP contribution in [0.1, 0.15) is 40.5 Å². The number of carbonyl (C=O) groups excluding carboxylic acids is 2. The van der Waals surface area contributed by atoms with Gasteiger partial charge in [0, 0.05) is 13.1 Å². The molecular weight excluding hydrogens is 270 g/mol. The maximum absolute atomic E-state index is 12.5. The van der Waals surface area contributed by atoms with Gasteiger partial charge in [0.05, 0.1) is 12.1 Å². The average molecular weight is 295 g/mol. The molecule has 0 aromatic rings. The van der Waals surface area contributed by atoms with E-state index < -0.39 is 23.5 Å². The molecule has 0 spiro atoms. The molecule has 0 radical (unpaired) electrons. The molecule has 1 aliphatic heterocycles. The van der Waals surface area contributed by atoms with Crippen LogP contribution in [0.4, 0.5) is 0 Å². The Balaban J connectivity index is 2.96. The van der Waals surface area contributed by atoms with Crippen LogP contribution in [0.25, 0.3) is 0 Å². The summed E-state index contributed by atoms with van der Waals surface area (Å²) in [5, 5.41) is 22.3. The van der Waals surface area contributed by atoms with Crippen molar-refractivity contribution in [3.63, 3.8) is 0 Å². The SMILES string of the molecule is CCNC(=O)C(C)(O)C1CCCN1C(=O)C(C#N)C(C)C. The first-order valence-corrected chi connectivity index (χ1v) is 7.48. The van der Waals surface area contributed by atoms with Crippen molar-refractivity contribution in [2.75, 3.05) is 13.1 Å². The number of carbonyl (C=O) groups is 2. The largest absolute Gasteiger partial charge is 0.378 e. The van der Waals surface area contributed by atoms with E-state index in [1.54, 1.807) is 6.92 Å². The summed E-state index contributed by atoms with van der Waals surface area (Å²) in [6.45, 7) is 7.74. The normalized spacial score (nSPS) is 22.5. The molecule has 0 aliphatic carbocycles. The number of hydrogen-bond acceptors (Lipinski definition) is 4. The summed E-state index contributed by atoms with van der Waals surface area (Å²) in [6, 6.07) is 1.45. The summed E-state index contributed by atoms with van der Waals surface area (Å²) in [5.41, 5.74) is -1.64. The minimum atomic E-state index is -1.64. The van der Waals surface area contributed by atoms with E-state index in [9.17, 15) is 20.0 Å². The van der Waals surface area contributed by atoms with Gasteiger partial charge in [0.1, 0.15) is 5.92 Å². The van der Waals surface area contributed by atoms with E-state index in [1.807, 2.05) is 19.9 Å². The van der Waals surface area contributed by atoms with Gasteiger partial charge in [0.15, 0.2) is 5.60 Å².